The van der Waals surface area contributed by atoms with Gasteiger partial charge < -0.3 is 9.47 Å². The molecule has 0 bridgehead atoms. The van der Waals surface area contributed by atoms with Crippen molar-refractivity contribution in [2.45, 2.75) is 51.4 Å². The van der Waals surface area contributed by atoms with Gasteiger partial charge in [-0.25, -0.2) is 4.39 Å². The molecule has 4 heteroatoms. The first-order chi connectivity index (χ1) is 12.9. The smallest absolute Gasteiger partial charge is 0.168 e. The van der Waals surface area contributed by atoms with Crippen LogP contribution in [0.15, 0.2) is 42.5 Å². The predicted octanol–water partition coefficient (Wildman–Crippen LogP) is 5.67. The Morgan fingerprint density at radius 2 is 1.81 bits per heavy atom. The van der Waals surface area contributed by atoms with Crippen LogP contribution in [-0.2, 0) is 24.2 Å². The minimum absolute atomic E-state index is 0.195. The van der Waals surface area contributed by atoms with Crippen LogP contribution in [0.3, 0.4) is 0 Å². The van der Waals surface area contributed by atoms with Crippen molar-refractivity contribution in [1.82, 2.24) is 0 Å². The summed E-state index contributed by atoms with van der Waals surface area (Å²) in [6, 6.07) is 13.6. The van der Waals surface area contributed by atoms with Gasteiger partial charge in [-0.05, 0) is 46.6 Å². The molecule has 145 valence electrons. The van der Waals surface area contributed by atoms with Crippen molar-refractivity contribution in [2.24, 2.45) is 5.92 Å². The Hall–Kier alpha value is -1.65. The van der Waals surface area contributed by atoms with Crippen LogP contribution < -0.4 is 4.74 Å². The average molecular weight is 386 g/mol. The van der Waals surface area contributed by atoms with Gasteiger partial charge in [-0.2, -0.15) is 0 Å². The van der Waals surface area contributed by atoms with E-state index in [1.54, 1.807) is 6.07 Å². The summed E-state index contributed by atoms with van der Waals surface area (Å²) in [5, 5.41) is 0.264. The summed E-state index contributed by atoms with van der Waals surface area (Å²) in [6.45, 7) is 11.1. The SMILES string of the molecule is C[Si](C)C(C)(C)COCC1Cc2ccc(OCc3ccccc3)c(F)c2C1. The fourth-order valence-electron chi connectivity index (χ4n) is 3.31. The summed E-state index contributed by atoms with van der Waals surface area (Å²) in [4.78, 5) is 0. The summed E-state index contributed by atoms with van der Waals surface area (Å²) in [6.07, 6.45) is 1.63. The monoisotopic (exact) mass is 385 g/mol. The number of benzene rings is 2. The molecule has 2 nitrogen and oxygen atoms in total. The predicted molar refractivity (Wildman–Crippen MR) is 110 cm³/mol. The molecular weight excluding hydrogens is 355 g/mol. The molecular formula is C23H30FO2Si. The molecule has 0 N–H and O–H groups in total. The lowest BCUT2D eigenvalue weighted by Crippen LogP contribution is -2.27. The lowest BCUT2D eigenvalue weighted by Gasteiger charge is -2.28. The molecule has 1 aliphatic carbocycles. The third kappa shape index (κ3) is 4.99. The molecule has 1 aliphatic rings. The van der Waals surface area contributed by atoms with Crippen molar-refractivity contribution in [3.8, 4) is 5.75 Å². The van der Waals surface area contributed by atoms with Gasteiger partial charge in [0.2, 0.25) is 0 Å². The third-order valence-corrected chi connectivity index (χ3v) is 8.56. The number of halogens is 1. The summed E-state index contributed by atoms with van der Waals surface area (Å²) < 4.78 is 26.7. The first-order valence-corrected chi connectivity index (χ1v) is 12.2. The Labute approximate surface area is 164 Å². The largest absolute Gasteiger partial charge is 0.486 e. The Kier molecular flexibility index (Phi) is 6.38. The molecule has 0 amide bonds. The van der Waals surface area contributed by atoms with Crippen LogP contribution in [0.2, 0.25) is 18.1 Å². The molecule has 27 heavy (non-hydrogen) atoms. The van der Waals surface area contributed by atoms with Crippen LogP contribution in [0.4, 0.5) is 4.39 Å². The van der Waals surface area contributed by atoms with Gasteiger partial charge in [0, 0.05) is 6.61 Å². The first-order valence-electron chi connectivity index (χ1n) is 9.72. The van der Waals surface area contributed by atoms with Gasteiger partial charge in [0.15, 0.2) is 11.6 Å². The van der Waals surface area contributed by atoms with Gasteiger partial charge in [0.05, 0.1) is 15.4 Å². The molecule has 3 rings (SSSR count). The van der Waals surface area contributed by atoms with Crippen molar-refractivity contribution in [3.63, 3.8) is 0 Å². The Bertz CT molecular complexity index is 758. The van der Waals surface area contributed by atoms with E-state index in [1.807, 2.05) is 36.4 Å². The molecule has 0 spiro atoms. The van der Waals surface area contributed by atoms with E-state index in [0.717, 1.165) is 36.1 Å². The molecule has 0 saturated carbocycles. The number of rotatable bonds is 8. The van der Waals surface area contributed by atoms with E-state index < -0.39 is 8.80 Å². The van der Waals surface area contributed by atoms with Crippen LogP contribution in [0.1, 0.15) is 30.5 Å². The van der Waals surface area contributed by atoms with Crippen molar-refractivity contribution in [3.05, 3.63) is 65.0 Å². The van der Waals surface area contributed by atoms with E-state index in [2.05, 4.69) is 26.9 Å². The van der Waals surface area contributed by atoms with E-state index >= 15 is 0 Å². The van der Waals surface area contributed by atoms with Gasteiger partial charge in [0.25, 0.3) is 0 Å². The second kappa shape index (κ2) is 8.57. The highest BCUT2D eigenvalue weighted by Gasteiger charge is 2.28. The fourth-order valence-corrected chi connectivity index (χ4v) is 3.70. The van der Waals surface area contributed by atoms with E-state index in [1.165, 1.54) is 0 Å². The first kappa shape index (κ1) is 20.1. The number of ether oxygens (including phenoxy) is 2. The summed E-state index contributed by atoms with van der Waals surface area (Å²) in [5.41, 5.74) is 2.95. The van der Waals surface area contributed by atoms with Crippen LogP contribution in [-0.4, -0.2) is 22.0 Å². The average Bonchev–Trinajstić information content (AvgIpc) is 3.05. The fraction of sp³-hybridized carbons (Fsp3) is 0.478. The zero-order valence-electron chi connectivity index (χ0n) is 16.8. The van der Waals surface area contributed by atoms with Gasteiger partial charge in [-0.15, -0.1) is 0 Å². The molecule has 1 unspecified atom stereocenters. The Morgan fingerprint density at radius 1 is 1.07 bits per heavy atom. The maximum atomic E-state index is 14.9. The van der Waals surface area contributed by atoms with Crippen LogP contribution >= 0.6 is 0 Å². The molecule has 0 aromatic heterocycles. The minimum Gasteiger partial charge on any atom is -0.486 e. The maximum Gasteiger partial charge on any atom is 0.168 e. The Balaban J connectivity index is 1.56. The van der Waals surface area contributed by atoms with Gasteiger partial charge in [0.1, 0.15) is 6.61 Å². The second-order valence-electron chi connectivity index (χ2n) is 8.46. The maximum absolute atomic E-state index is 14.9. The molecule has 2 aromatic carbocycles. The molecule has 1 atom stereocenters. The number of fused-ring (bicyclic) bond motifs is 1. The van der Waals surface area contributed by atoms with Crippen LogP contribution in [0.5, 0.6) is 5.75 Å². The lowest BCUT2D eigenvalue weighted by molar-refractivity contribution is 0.0851. The van der Waals surface area contributed by atoms with Gasteiger partial charge >= 0.3 is 0 Å². The van der Waals surface area contributed by atoms with Crippen LogP contribution in [0.25, 0.3) is 0 Å². The molecule has 1 radical (unpaired) electrons. The highest BCUT2D eigenvalue weighted by molar-refractivity contribution is 6.59. The lowest BCUT2D eigenvalue weighted by atomic mass is 10.1. The van der Waals surface area contributed by atoms with E-state index in [9.17, 15) is 4.39 Å². The molecule has 0 aliphatic heterocycles. The highest BCUT2D eigenvalue weighted by atomic mass is 28.3. The quantitative estimate of drug-likeness (QED) is 0.545. The molecule has 0 saturated heterocycles. The third-order valence-electron chi connectivity index (χ3n) is 5.71. The van der Waals surface area contributed by atoms with Crippen molar-refractivity contribution >= 4 is 8.80 Å². The molecule has 0 fully saturated rings. The van der Waals surface area contributed by atoms with Gasteiger partial charge in [-0.1, -0.05) is 63.3 Å². The van der Waals surface area contributed by atoms with Crippen molar-refractivity contribution in [1.29, 1.82) is 0 Å². The molecule has 0 heterocycles. The number of hydrogen-bond donors (Lipinski definition) is 0. The number of hydrogen-bond acceptors (Lipinski definition) is 2. The zero-order valence-corrected chi connectivity index (χ0v) is 17.8. The molecule has 2 aromatic rings. The van der Waals surface area contributed by atoms with E-state index in [4.69, 9.17) is 9.47 Å². The zero-order chi connectivity index (χ0) is 19.4. The topological polar surface area (TPSA) is 18.5 Å². The second-order valence-corrected chi connectivity index (χ2v) is 11.8. The Morgan fingerprint density at radius 3 is 2.52 bits per heavy atom. The van der Waals surface area contributed by atoms with E-state index in [-0.39, 0.29) is 10.9 Å². The van der Waals surface area contributed by atoms with Crippen molar-refractivity contribution < 1.29 is 13.9 Å². The van der Waals surface area contributed by atoms with E-state index in [0.29, 0.717) is 24.9 Å². The summed E-state index contributed by atoms with van der Waals surface area (Å²) >= 11 is 0. The van der Waals surface area contributed by atoms with Gasteiger partial charge in [-0.3, -0.25) is 0 Å². The standard InChI is InChI=1S/C23H30FO2Si/c1-23(2,27(3)4)16-25-14-18-12-19-10-11-21(22(24)20(19)13-18)26-15-17-8-6-5-7-9-17/h5-11,18H,12-16H2,1-4H3. The highest BCUT2D eigenvalue weighted by Crippen LogP contribution is 2.35. The summed E-state index contributed by atoms with van der Waals surface area (Å²) in [5.74, 6) is 0.516. The summed E-state index contributed by atoms with van der Waals surface area (Å²) in [7, 11) is -0.402. The normalized spacial score (nSPS) is 16.6. The van der Waals surface area contributed by atoms with Crippen molar-refractivity contribution in [2.75, 3.05) is 13.2 Å². The van der Waals surface area contributed by atoms with Crippen LogP contribution in [0, 0.1) is 11.7 Å². The minimum atomic E-state index is -0.402.